The van der Waals surface area contributed by atoms with E-state index in [-0.39, 0.29) is 6.61 Å². The highest BCUT2D eigenvalue weighted by Crippen LogP contribution is 2.19. The minimum atomic E-state index is -0.826. The van der Waals surface area contributed by atoms with Gasteiger partial charge in [0.15, 0.2) is 0 Å². The molecule has 1 fully saturated rings. The Bertz CT molecular complexity index is 158. The van der Waals surface area contributed by atoms with Crippen molar-refractivity contribution in [3.8, 4) is 0 Å². The van der Waals surface area contributed by atoms with Gasteiger partial charge in [-0.05, 0) is 19.4 Å². The highest BCUT2D eigenvalue weighted by molar-refractivity contribution is 5.79. The molecule has 1 aliphatic heterocycles. The molecule has 0 saturated carbocycles. The van der Waals surface area contributed by atoms with E-state index in [1.54, 1.807) is 0 Å². The lowest BCUT2D eigenvalue weighted by Gasteiger charge is -2.33. The number of likely N-dealkylation sites (N-methyl/N-ethyl adjacent to an activating group) is 1. The Labute approximate surface area is 71.9 Å². The minimum absolute atomic E-state index is 0.288. The number of carbonyl (C=O) groups is 1. The van der Waals surface area contributed by atoms with Gasteiger partial charge < -0.3 is 15.2 Å². The number of rotatable bonds is 3. The molecule has 0 amide bonds. The summed E-state index contributed by atoms with van der Waals surface area (Å²) < 4.78 is 5.16. The van der Waals surface area contributed by atoms with Crippen LogP contribution >= 0.6 is 0 Å². The largest absolute Gasteiger partial charge is 0.480 e. The first-order valence-corrected chi connectivity index (χ1v) is 4.27. The molecule has 1 saturated heterocycles. The van der Waals surface area contributed by atoms with E-state index < -0.39 is 11.5 Å². The van der Waals surface area contributed by atoms with Crippen LogP contribution in [0.5, 0.6) is 0 Å². The third kappa shape index (κ3) is 1.76. The van der Waals surface area contributed by atoms with Crippen molar-refractivity contribution in [3.05, 3.63) is 0 Å². The lowest BCUT2D eigenvalue weighted by Crippen LogP contribution is -2.57. The van der Waals surface area contributed by atoms with E-state index in [0.717, 1.165) is 6.42 Å². The van der Waals surface area contributed by atoms with Crippen LogP contribution < -0.4 is 5.32 Å². The number of hydrogen-bond acceptors (Lipinski definition) is 3. The number of ether oxygens (including phenoxy) is 1. The Morgan fingerprint density at radius 3 is 2.92 bits per heavy atom. The molecule has 0 aliphatic carbocycles. The first-order chi connectivity index (χ1) is 5.71. The molecule has 1 atom stereocenters. The molecule has 0 aromatic heterocycles. The van der Waals surface area contributed by atoms with Crippen LogP contribution in [0, 0.1) is 0 Å². The predicted molar refractivity (Wildman–Crippen MR) is 44.1 cm³/mol. The number of carboxylic acid groups (broad SMARTS) is 1. The molecule has 0 spiro atoms. The van der Waals surface area contributed by atoms with E-state index in [1.165, 1.54) is 0 Å². The maximum Gasteiger partial charge on any atom is 0.326 e. The summed E-state index contributed by atoms with van der Waals surface area (Å²) in [7, 11) is 0. The summed E-state index contributed by atoms with van der Waals surface area (Å²) in [6, 6.07) is 0. The van der Waals surface area contributed by atoms with Gasteiger partial charge >= 0.3 is 5.97 Å². The standard InChI is InChI=1S/C8H15NO3/c1-2-9-8(7(10)11)4-3-5-12-6-8/h9H,2-6H2,1H3,(H,10,11). The van der Waals surface area contributed by atoms with E-state index in [9.17, 15) is 4.79 Å². The second kappa shape index (κ2) is 3.87. The second-order valence-corrected chi connectivity index (χ2v) is 3.07. The summed E-state index contributed by atoms with van der Waals surface area (Å²) in [6.45, 7) is 3.53. The topological polar surface area (TPSA) is 58.6 Å². The van der Waals surface area contributed by atoms with E-state index >= 15 is 0 Å². The molecule has 0 aromatic rings. The second-order valence-electron chi connectivity index (χ2n) is 3.07. The molecule has 70 valence electrons. The molecule has 1 rings (SSSR count). The van der Waals surface area contributed by atoms with Crippen molar-refractivity contribution in [3.63, 3.8) is 0 Å². The lowest BCUT2D eigenvalue weighted by atomic mass is 9.92. The molecule has 1 aliphatic rings. The summed E-state index contributed by atoms with van der Waals surface area (Å²) in [4.78, 5) is 10.9. The Morgan fingerprint density at radius 1 is 1.75 bits per heavy atom. The molecule has 4 heteroatoms. The van der Waals surface area contributed by atoms with Gasteiger partial charge in [-0.25, -0.2) is 0 Å². The van der Waals surface area contributed by atoms with E-state index in [2.05, 4.69) is 5.32 Å². The lowest BCUT2D eigenvalue weighted by molar-refractivity contribution is -0.150. The summed E-state index contributed by atoms with van der Waals surface area (Å²) >= 11 is 0. The zero-order valence-electron chi connectivity index (χ0n) is 7.30. The van der Waals surface area contributed by atoms with Gasteiger partial charge in [0, 0.05) is 6.61 Å². The van der Waals surface area contributed by atoms with E-state index in [0.29, 0.717) is 19.6 Å². The van der Waals surface area contributed by atoms with Gasteiger partial charge in [0.1, 0.15) is 5.54 Å². The molecular formula is C8H15NO3. The SMILES string of the molecule is CCNC1(C(=O)O)CCCOC1. The van der Waals surface area contributed by atoms with Crippen LogP contribution in [-0.2, 0) is 9.53 Å². The van der Waals surface area contributed by atoms with Crippen LogP contribution in [0.2, 0.25) is 0 Å². The minimum Gasteiger partial charge on any atom is -0.480 e. The Hall–Kier alpha value is -0.610. The highest BCUT2D eigenvalue weighted by atomic mass is 16.5. The van der Waals surface area contributed by atoms with Gasteiger partial charge in [-0.15, -0.1) is 0 Å². The molecule has 12 heavy (non-hydrogen) atoms. The Balaban J connectivity index is 2.63. The Kier molecular flexibility index (Phi) is 3.05. The molecule has 1 heterocycles. The molecule has 0 bridgehead atoms. The molecular weight excluding hydrogens is 158 g/mol. The summed E-state index contributed by atoms with van der Waals surface area (Å²) in [5.41, 5.74) is -0.826. The average Bonchev–Trinajstić information content (AvgIpc) is 2.06. The van der Waals surface area contributed by atoms with Crippen molar-refractivity contribution in [2.24, 2.45) is 0 Å². The smallest absolute Gasteiger partial charge is 0.326 e. The normalized spacial score (nSPS) is 30.1. The number of hydrogen-bond donors (Lipinski definition) is 2. The first kappa shape index (κ1) is 9.48. The zero-order valence-corrected chi connectivity index (χ0v) is 7.30. The fraction of sp³-hybridized carbons (Fsp3) is 0.875. The molecule has 2 N–H and O–H groups in total. The quantitative estimate of drug-likeness (QED) is 0.641. The maximum absolute atomic E-state index is 10.9. The predicted octanol–water partition coefficient (Wildman–Crippen LogP) is 0.230. The van der Waals surface area contributed by atoms with Crippen molar-refractivity contribution >= 4 is 5.97 Å². The van der Waals surface area contributed by atoms with Crippen LogP contribution in [0.15, 0.2) is 0 Å². The van der Waals surface area contributed by atoms with Gasteiger partial charge in [0.05, 0.1) is 6.61 Å². The molecule has 0 radical (unpaired) electrons. The number of nitrogens with one attached hydrogen (secondary N) is 1. The molecule has 1 unspecified atom stereocenters. The van der Waals surface area contributed by atoms with Gasteiger partial charge in [0.2, 0.25) is 0 Å². The van der Waals surface area contributed by atoms with Crippen molar-refractivity contribution in [2.45, 2.75) is 25.3 Å². The number of aliphatic carboxylic acids is 1. The van der Waals surface area contributed by atoms with Crippen LogP contribution in [0.3, 0.4) is 0 Å². The van der Waals surface area contributed by atoms with Crippen LogP contribution in [0.25, 0.3) is 0 Å². The summed E-state index contributed by atoms with van der Waals surface area (Å²) in [5.74, 6) is -0.802. The zero-order chi connectivity index (χ0) is 9.03. The summed E-state index contributed by atoms with van der Waals surface area (Å²) in [6.07, 6.45) is 1.48. The monoisotopic (exact) mass is 173 g/mol. The van der Waals surface area contributed by atoms with E-state index in [4.69, 9.17) is 9.84 Å². The third-order valence-corrected chi connectivity index (χ3v) is 2.17. The number of carboxylic acids is 1. The van der Waals surface area contributed by atoms with E-state index in [1.807, 2.05) is 6.92 Å². The van der Waals surface area contributed by atoms with Crippen LogP contribution in [0.1, 0.15) is 19.8 Å². The fourth-order valence-corrected chi connectivity index (χ4v) is 1.52. The van der Waals surface area contributed by atoms with Crippen LogP contribution in [0.4, 0.5) is 0 Å². The van der Waals surface area contributed by atoms with Gasteiger partial charge in [-0.1, -0.05) is 6.92 Å². The van der Waals surface area contributed by atoms with Crippen molar-refractivity contribution in [2.75, 3.05) is 19.8 Å². The molecule has 0 aromatic carbocycles. The Morgan fingerprint density at radius 2 is 2.50 bits per heavy atom. The maximum atomic E-state index is 10.9. The fourth-order valence-electron chi connectivity index (χ4n) is 1.52. The van der Waals surface area contributed by atoms with Crippen molar-refractivity contribution < 1.29 is 14.6 Å². The highest BCUT2D eigenvalue weighted by Gasteiger charge is 2.39. The van der Waals surface area contributed by atoms with Gasteiger partial charge in [-0.3, -0.25) is 4.79 Å². The van der Waals surface area contributed by atoms with Crippen molar-refractivity contribution in [1.82, 2.24) is 5.32 Å². The molecule has 4 nitrogen and oxygen atoms in total. The van der Waals surface area contributed by atoms with Crippen molar-refractivity contribution in [1.29, 1.82) is 0 Å². The third-order valence-electron chi connectivity index (χ3n) is 2.17. The average molecular weight is 173 g/mol. The summed E-state index contributed by atoms with van der Waals surface area (Å²) in [5, 5.41) is 12.0. The first-order valence-electron chi connectivity index (χ1n) is 4.27. The van der Waals surface area contributed by atoms with Gasteiger partial charge in [-0.2, -0.15) is 0 Å². The van der Waals surface area contributed by atoms with Gasteiger partial charge in [0.25, 0.3) is 0 Å². The van der Waals surface area contributed by atoms with Crippen LogP contribution in [-0.4, -0.2) is 36.4 Å².